The van der Waals surface area contributed by atoms with Gasteiger partial charge in [-0.1, -0.05) is 6.92 Å². The van der Waals surface area contributed by atoms with Crippen LogP contribution < -0.4 is 10.6 Å². The number of carbonyl (C=O) groups excluding carboxylic acids is 1. The molecule has 1 aromatic rings. The van der Waals surface area contributed by atoms with Gasteiger partial charge in [0.2, 0.25) is 0 Å². The maximum atomic E-state index is 13.6. The summed E-state index contributed by atoms with van der Waals surface area (Å²) in [7, 11) is 0. The Bertz CT molecular complexity index is 491. The van der Waals surface area contributed by atoms with Crippen molar-refractivity contribution < 1.29 is 13.6 Å². The molecule has 2 N–H and O–H groups in total. The Kier molecular flexibility index (Phi) is 4.14. The van der Waals surface area contributed by atoms with E-state index in [0.29, 0.717) is 5.92 Å². The lowest BCUT2D eigenvalue weighted by Crippen LogP contribution is -2.48. The molecule has 1 aromatic carbocycles. The monoisotopic (exact) mass is 268 g/mol. The summed E-state index contributed by atoms with van der Waals surface area (Å²) in [6.07, 6.45) is 0.814. The van der Waals surface area contributed by atoms with Gasteiger partial charge in [0.1, 0.15) is 11.6 Å². The molecule has 2 unspecified atom stereocenters. The third kappa shape index (κ3) is 3.10. The molecule has 0 bridgehead atoms. The fourth-order valence-corrected chi connectivity index (χ4v) is 2.31. The zero-order valence-electron chi connectivity index (χ0n) is 11.1. The molecule has 0 aliphatic carbocycles. The van der Waals surface area contributed by atoms with Crippen molar-refractivity contribution in [2.75, 3.05) is 13.1 Å². The molecular formula is C14H18F2N2O. The van der Waals surface area contributed by atoms with Crippen molar-refractivity contribution in [2.24, 2.45) is 5.92 Å². The highest BCUT2D eigenvalue weighted by Crippen LogP contribution is 2.16. The lowest BCUT2D eigenvalue weighted by Gasteiger charge is -2.30. The Labute approximate surface area is 111 Å². The lowest BCUT2D eigenvalue weighted by molar-refractivity contribution is 0.0910. The molecule has 19 heavy (non-hydrogen) atoms. The van der Waals surface area contributed by atoms with Crippen molar-refractivity contribution in [3.05, 3.63) is 34.9 Å². The van der Waals surface area contributed by atoms with E-state index in [0.717, 1.165) is 25.6 Å². The van der Waals surface area contributed by atoms with Gasteiger partial charge in [-0.15, -0.1) is 0 Å². The highest BCUT2D eigenvalue weighted by Gasteiger charge is 2.24. The third-order valence-electron chi connectivity index (χ3n) is 3.59. The van der Waals surface area contributed by atoms with Gasteiger partial charge in [-0.05, 0) is 44.0 Å². The smallest absolute Gasteiger partial charge is 0.254 e. The van der Waals surface area contributed by atoms with Crippen molar-refractivity contribution in [1.29, 1.82) is 0 Å². The van der Waals surface area contributed by atoms with Crippen LogP contribution in [-0.4, -0.2) is 25.0 Å². The van der Waals surface area contributed by atoms with Gasteiger partial charge in [-0.2, -0.15) is 0 Å². The van der Waals surface area contributed by atoms with Crippen LogP contribution in [-0.2, 0) is 0 Å². The van der Waals surface area contributed by atoms with Crippen molar-refractivity contribution in [1.82, 2.24) is 10.6 Å². The summed E-state index contributed by atoms with van der Waals surface area (Å²) in [5.41, 5.74) is 0.176. The maximum absolute atomic E-state index is 13.6. The van der Waals surface area contributed by atoms with Gasteiger partial charge < -0.3 is 10.6 Å². The first kappa shape index (κ1) is 13.9. The van der Waals surface area contributed by atoms with Crippen LogP contribution in [0.5, 0.6) is 0 Å². The second-order valence-corrected chi connectivity index (χ2v) is 5.13. The van der Waals surface area contributed by atoms with Gasteiger partial charge in [0, 0.05) is 12.1 Å². The summed E-state index contributed by atoms with van der Waals surface area (Å²) < 4.78 is 26.8. The Morgan fingerprint density at radius 3 is 2.79 bits per heavy atom. The number of amides is 1. The molecule has 0 radical (unpaired) electrons. The van der Waals surface area contributed by atoms with E-state index in [9.17, 15) is 13.6 Å². The van der Waals surface area contributed by atoms with Gasteiger partial charge in [-0.3, -0.25) is 4.79 Å². The fourth-order valence-electron chi connectivity index (χ4n) is 2.31. The first-order valence-corrected chi connectivity index (χ1v) is 6.46. The van der Waals surface area contributed by atoms with Crippen molar-refractivity contribution >= 4 is 5.91 Å². The van der Waals surface area contributed by atoms with Crippen LogP contribution in [0, 0.1) is 24.5 Å². The summed E-state index contributed by atoms with van der Waals surface area (Å²) in [6, 6.07) is 2.04. The molecule has 1 heterocycles. The molecule has 0 saturated carbocycles. The molecule has 1 amide bonds. The van der Waals surface area contributed by atoms with E-state index >= 15 is 0 Å². The normalized spacial score (nSPS) is 23.2. The largest absolute Gasteiger partial charge is 0.349 e. The fraction of sp³-hybridized carbons (Fsp3) is 0.500. The second-order valence-electron chi connectivity index (χ2n) is 5.13. The molecule has 0 aromatic heterocycles. The van der Waals surface area contributed by atoms with E-state index < -0.39 is 17.5 Å². The predicted molar refractivity (Wildman–Crippen MR) is 69.0 cm³/mol. The van der Waals surface area contributed by atoms with Crippen LogP contribution in [0.3, 0.4) is 0 Å². The molecule has 1 aliphatic heterocycles. The highest BCUT2D eigenvalue weighted by molar-refractivity contribution is 5.94. The van der Waals surface area contributed by atoms with Crippen LogP contribution in [0.15, 0.2) is 12.1 Å². The molecule has 2 rings (SSSR count). The van der Waals surface area contributed by atoms with Crippen molar-refractivity contribution in [2.45, 2.75) is 26.3 Å². The van der Waals surface area contributed by atoms with Gasteiger partial charge >= 0.3 is 0 Å². The molecule has 1 fully saturated rings. The molecule has 1 saturated heterocycles. The predicted octanol–water partition coefficient (Wildman–Crippen LogP) is 2.00. The van der Waals surface area contributed by atoms with E-state index in [-0.39, 0.29) is 17.2 Å². The Balaban J connectivity index is 2.13. The number of halogens is 2. The topological polar surface area (TPSA) is 41.1 Å². The number of benzene rings is 1. The van der Waals surface area contributed by atoms with Crippen LogP contribution in [0.1, 0.15) is 29.3 Å². The van der Waals surface area contributed by atoms with Crippen molar-refractivity contribution in [3.8, 4) is 0 Å². The number of piperidine rings is 1. The Morgan fingerprint density at radius 2 is 2.11 bits per heavy atom. The lowest BCUT2D eigenvalue weighted by atomic mass is 9.95. The zero-order valence-corrected chi connectivity index (χ0v) is 11.1. The zero-order chi connectivity index (χ0) is 14.0. The van der Waals surface area contributed by atoms with E-state index in [1.165, 1.54) is 13.0 Å². The number of rotatable bonds is 2. The minimum Gasteiger partial charge on any atom is -0.349 e. The van der Waals surface area contributed by atoms with E-state index in [4.69, 9.17) is 0 Å². The van der Waals surface area contributed by atoms with Crippen molar-refractivity contribution in [3.63, 3.8) is 0 Å². The summed E-state index contributed by atoms with van der Waals surface area (Å²) in [6.45, 7) is 5.21. The van der Waals surface area contributed by atoms with Crippen LogP contribution in [0.4, 0.5) is 8.78 Å². The van der Waals surface area contributed by atoms with Crippen LogP contribution in [0.25, 0.3) is 0 Å². The minimum absolute atomic E-state index is 0.0264. The molecule has 0 spiro atoms. The van der Waals surface area contributed by atoms with Gasteiger partial charge in [-0.25, -0.2) is 8.78 Å². The Hall–Kier alpha value is -1.49. The summed E-state index contributed by atoms with van der Waals surface area (Å²) >= 11 is 0. The van der Waals surface area contributed by atoms with Gasteiger partial charge in [0.15, 0.2) is 0 Å². The molecule has 2 atom stereocenters. The standard InChI is InChI=1S/C14H18F2N2O/c1-8-5-10(12(16)6-11(8)15)14(19)18-13-3-4-17-7-9(13)2/h5-6,9,13,17H,3-4,7H2,1-2H3,(H,18,19). The SMILES string of the molecule is Cc1cc(C(=O)NC2CCNCC2C)c(F)cc1F. The molecular weight excluding hydrogens is 250 g/mol. The third-order valence-corrected chi connectivity index (χ3v) is 3.59. The first-order valence-electron chi connectivity index (χ1n) is 6.46. The molecule has 3 nitrogen and oxygen atoms in total. The van der Waals surface area contributed by atoms with Crippen LogP contribution >= 0.6 is 0 Å². The number of carbonyl (C=O) groups is 1. The second kappa shape index (κ2) is 5.65. The maximum Gasteiger partial charge on any atom is 0.254 e. The summed E-state index contributed by atoms with van der Waals surface area (Å²) in [4.78, 5) is 12.0. The van der Waals surface area contributed by atoms with Gasteiger partial charge in [0.05, 0.1) is 5.56 Å². The van der Waals surface area contributed by atoms with E-state index in [1.54, 1.807) is 0 Å². The summed E-state index contributed by atoms with van der Waals surface area (Å²) in [5, 5.41) is 6.06. The summed E-state index contributed by atoms with van der Waals surface area (Å²) in [5.74, 6) is -1.63. The highest BCUT2D eigenvalue weighted by atomic mass is 19.1. The quantitative estimate of drug-likeness (QED) is 0.861. The number of hydrogen-bond acceptors (Lipinski definition) is 2. The number of aryl methyl sites for hydroxylation is 1. The molecule has 104 valence electrons. The number of hydrogen-bond donors (Lipinski definition) is 2. The average molecular weight is 268 g/mol. The average Bonchev–Trinajstić information content (AvgIpc) is 2.36. The first-order chi connectivity index (χ1) is 8.99. The van der Waals surface area contributed by atoms with Gasteiger partial charge in [0.25, 0.3) is 5.91 Å². The molecule has 5 heteroatoms. The Morgan fingerprint density at radius 1 is 1.37 bits per heavy atom. The molecule has 1 aliphatic rings. The minimum atomic E-state index is -0.817. The van der Waals surface area contributed by atoms with E-state index in [2.05, 4.69) is 10.6 Å². The van der Waals surface area contributed by atoms with Crippen LogP contribution in [0.2, 0.25) is 0 Å². The number of nitrogens with one attached hydrogen (secondary N) is 2. The van der Waals surface area contributed by atoms with E-state index in [1.807, 2.05) is 6.92 Å².